The van der Waals surface area contributed by atoms with Gasteiger partial charge in [-0.15, -0.1) is 0 Å². The van der Waals surface area contributed by atoms with E-state index in [0.717, 1.165) is 76.8 Å². The third-order valence-corrected chi connectivity index (χ3v) is 22.1. The standard InChI is InChI=1S/C24H24N4OS.C22H26N4O3S.C17H18N4OS.C13H17NO4.C9H11N3S.C6H5ClO2S/c29-24(26-16-15-25-23-20-13-7-8-14-21(20)30-28-23)22(19-11-5-2-6-12-19)27-17-18-9-3-1-4-10-18;1-22(2,3)29-21(28)25-18(15-9-5-4-6-10-15)20(27)24-14-13-23-19-16-11-7-8-12-17(16)30-26-19;18-15(12-6-2-1-3-7-12)17(22)20-11-10-19-16-13-8-4-5-9-14(13)23-21-16;1-13(2,3)18-12(17)14-10(11(15)16)9-7-5-4-6-8-9;10-5-6-11-9-7-3-1-2-4-8(7)13-12-9;7-10(8,9)6-4-2-1-3-5-6/h1-14,22,27H,15-17H2,(H,25,28)(H,26,29);4-12,18H,13-14H2,1-3H3,(H,23,26)(H,24,27)(H,25,28);1-9,15H,10-11,18H2,(H,19,21)(H,20,22);4-8,10H,1-3H3,(H,14,17)(H,15,16);1-4H,5-6,10H2,(H,11,12);1-5H/t22-;18-;15-;10-;;/m0000../s1. The number of carbonyl (C=O) groups excluding carboxylic acids is 5. The van der Waals surface area contributed by atoms with E-state index in [1.165, 1.54) is 68.3 Å². The Bertz CT molecular complexity index is 5760. The summed E-state index contributed by atoms with van der Waals surface area (Å²) in [6.45, 7) is 15.6. The number of ether oxygens (including phenoxy) is 2. The number of aliphatic carboxylic acids is 1. The number of carbonyl (C=O) groups is 6. The Hall–Kier alpha value is -12.5. The second-order valence-corrected chi connectivity index (χ2v) is 34.9. The summed E-state index contributed by atoms with van der Waals surface area (Å²) in [5.41, 5.74) is 14.1. The number of alkyl carbamates (subject to hydrolysis) is 2. The fraction of sp³-hybridized carbons (Fsp3) is 0.231. The van der Waals surface area contributed by atoms with Gasteiger partial charge in [0.25, 0.3) is 9.05 Å². The van der Waals surface area contributed by atoms with Crippen molar-refractivity contribution in [3.63, 3.8) is 0 Å². The predicted octanol–water partition coefficient (Wildman–Crippen LogP) is 16.6. The molecule has 5 amide bonds. The van der Waals surface area contributed by atoms with Crippen LogP contribution in [0.1, 0.15) is 93.5 Å². The lowest BCUT2D eigenvalue weighted by molar-refractivity contribution is -0.139. The van der Waals surface area contributed by atoms with E-state index >= 15 is 0 Å². The number of fused-ring (bicyclic) bond motifs is 4. The number of hydrogen-bond acceptors (Lipinski definition) is 25. The average Bonchev–Trinajstić information content (AvgIpc) is 1.71. The molecule has 0 aliphatic heterocycles. The van der Waals surface area contributed by atoms with Crippen molar-refractivity contribution in [1.29, 1.82) is 0 Å². The molecule has 15 N–H and O–H groups in total. The first-order valence-electron chi connectivity index (χ1n) is 39.5. The number of aromatic nitrogens is 4. The fourth-order valence-electron chi connectivity index (χ4n) is 11.6. The third-order valence-electron chi connectivity index (χ3n) is 17.4. The van der Waals surface area contributed by atoms with Gasteiger partial charge in [0.1, 0.15) is 52.6 Å². The van der Waals surface area contributed by atoms with E-state index in [1.807, 2.05) is 170 Å². The van der Waals surface area contributed by atoms with Gasteiger partial charge < -0.3 is 73.9 Å². The molecule has 4 atom stereocenters. The van der Waals surface area contributed by atoms with E-state index in [9.17, 15) is 37.2 Å². The summed E-state index contributed by atoms with van der Waals surface area (Å²) in [6.07, 6.45) is -1.39. The number of benzene rings is 10. The highest BCUT2D eigenvalue weighted by Crippen LogP contribution is 2.30. The molecule has 0 saturated carbocycles. The maximum Gasteiger partial charge on any atom is 0.408 e. The van der Waals surface area contributed by atoms with E-state index < -0.39 is 62.6 Å². The van der Waals surface area contributed by atoms with Crippen molar-refractivity contribution in [2.75, 3.05) is 73.6 Å². The smallest absolute Gasteiger partial charge is 0.408 e. The molecule has 0 unspecified atom stereocenters. The molecule has 4 heterocycles. The summed E-state index contributed by atoms with van der Waals surface area (Å²) in [7, 11) is 1.50. The van der Waals surface area contributed by atoms with Crippen molar-refractivity contribution in [2.45, 2.75) is 88.4 Å². The number of nitrogens with zero attached hydrogens (tertiary/aromatic N) is 4. The molecule has 0 radical (unpaired) electrons. The van der Waals surface area contributed by atoms with Crippen molar-refractivity contribution in [1.82, 2.24) is 49.4 Å². The van der Waals surface area contributed by atoms with E-state index in [2.05, 4.69) is 107 Å². The minimum atomic E-state index is -3.53. The average molecular weight is 1790 g/mol. The van der Waals surface area contributed by atoms with Crippen molar-refractivity contribution in [2.24, 2.45) is 11.5 Å². The Labute approximate surface area is 741 Å². The SMILES string of the molecule is CC(C)(C)OC(=O)N[C@H](C(=O)NCCNc1nsc2ccccc12)c1ccccc1.CC(C)(C)OC(=O)N[C@H](C(=O)O)c1ccccc1.NCCNc1nsc2ccccc12.N[C@H](C(=O)NCCNc1nsc2ccccc12)c1ccccc1.O=C(NCCNc1nsc2ccccc12)[C@@H](NCc1ccccc1)c1ccccc1.O=S(=O)(Cl)c1ccccc1. The molecule has 4 aromatic heterocycles. The van der Waals surface area contributed by atoms with Crippen molar-refractivity contribution in [3.8, 4) is 0 Å². The van der Waals surface area contributed by atoms with Crippen molar-refractivity contribution in [3.05, 3.63) is 307 Å². The van der Waals surface area contributed by atoms with Crippen LogP contribution in [0.3, 0.4) is 0 Å². The van der Waals surface area contributed by atoms with Crippen LogP contribution in [0.25, 0.3) is 40.3 Å². The molecular formula is C91H101ClN16O11S5. The van der Waals surface area contributed by atoms with Crippen molar-refractivity contribution >= 4 is 165 Å². The van der Waals surface area contributed by atoms with E-state index in [-0.39, 0.29) is 22.6 Å². The number of nitrogens with one attached hydrogen (secondary N) is 10. The second-order valence-electron chi connectivity index (χ2n) is 29.1. The molecule has 0 bridgehead atoms. The molecule has 10 aromatic carbocycles. The maximum absolute atomic E-state index is 12.9. The summed E-state index contributed by atoms with van der Waals surface area (Å²) >= 11 is 5.88. The van der Waals surface area contributed by atoms with Gasteiger partial charge in [0, 0.05) is 91.1 Å². The zero-order chi connectivity index (χ0) is 88.7. The third kappa shape index (κ3) is 31.7. The number of nitrogens with two attached hydrogens (primary N) is 2. The van der Waals surface area contributed by atoms with Gasteiger partial charge in [-0.05, 0) is 176 Å². The first-order chi connectivity index (χ1) is 59.7. The lowest BCUT2D eigenvalue weighted by Gasteiger charge is -2.23. The molecule has 33 heteroatoms. The van der Waals surface area contributed by atoms with Crippen LogP contribution < -0.4 is 64.6 Å². The molecule has 14 aromatic rings. The molecule has 124 heavy (non-hydrogen) atoms. The monoisotopic (exact) mass is 1790 g/mol. The van der Waals surface area contributed by atoms with Gasteiger partial charge >= 0.3 is 18.2 Å². The molecule has 0 aliphatic carbocycles. The first-order valence-corrected chi connectivity index (χ1v) is 44.9. The molecule has 0 fully saturated rings. The highest BCUT2D eigenvalue weighted by molar-refractivity contribution is 8.13. The van der Waals surface area contributed by atoms with E-state index in [0.29, 0.717) is 63.5 Å². The maximum atomic E-state index is 12.9. The van der Waals surface area contributed by atoms with Crippen LogP contribution in [-0.2, 0) is 44.2 Å². The zero-order valence-corrected chi connectivity index (χ0v) is 74.0. The second kappa shape index (κ2) is 49.0. The molecule has 648 valence electrons. The summed E-state index contributed by atoms with van der Waals surface area (Å²) in [5.74, 6) is 1.81. The Balaban J connectivity index is 0.000000175. The lowest BCUT2D eigenvalue weighted by atomic mass is 10.1. The van der Waals surface area contributed by atoms with Crippen LogP contribution in [0.5, 0.6) is 0 Å². The van der Waals surface area contributed by atoms with E-state index in [1.54, 1.807) is 102 Å². The minimum Gasteiger partial charge on any atom is -0.479 e. The van der Waals surface area contributed by atoms with Gasteiger partial charge in [0.15, 0.2) is 6.04 Å². The van der Waals surface area contributed by atoms with Crippen LogP contribution >= 0.6 is 56.8 Å². The van der Waals surface area contributed by atoms with Crippen LogP contribution in [0, 0.1) is 0 Å². The molecular weight excluding hydrogens is 1690 g/mol. The number of halogens is 1. The molecule has 27 nitrogen and oxygen atoms in total. The topological polar surface area (TPSA) is 399 Å². The van der Waals surface area contributed by atoms with Crippen LogP contribution in [0.15, 0.2) is 284 Å². The van der Waals surface area contributed by atoms with Gasteiger partial charge in [0.2, 0.25) is 17.7 Å². The highest BCUT2D eigenvalue weighted by Gasteiger charge is 2.28. The molecule has 0 saturated heterocycles. The Morgan fingerprint density at radius 1 is 0.387 bits per heavy atom. The Morgan fingerprint density at radius 3 is 1.02 bits per heavy atom. The van der Waals surface area contributed by atoms with Gasteiger partial charge in [-0.3, -0.25) is 19.7 Å². The molecule has 0 spiro atoms. The number of rotatable bonds is 29. The summed E-state index contributed by atoms with van der Waals surface area (Å²) in [5, 5.41) is 43.7. The zero-order valence-electron chi connectivity index (χ0n) is 69.1. The van der Waals surface area contributed by atoms with Gasteiger partial charge in [-0.2, -0.15) is 17.5 Å². The van der Waals surface area contributed by atoms with Crippen LogP contribution in [0.2, 0.25) is 0 Å². The molecule has 14 rings (SSSR count). The number of hydrogen-bond donors (Lipinski definition) is 13. The number of carboxylic acid groups (broad SMARTS) is 1. The summed E-state index contributed by atoms with van der Waals surface area (Å²) in [6, 6.07) is 84.0. The molecule has 0 aliphatic rings. The van der Waals surface area contributed by atoms with E-state index in [4.69, 9.17) is 36.7 Å². The largest absolute Gasteiger partial charge is 0.479 e. The van der Waals surface area contributed by atoms with Crippen molar-refractivity contribution < 1.29 is 51.8 Å². The Morgan fingerprint density at radius 2 is 0.677 bits per heavy atom. The summed E-state index contributed by atoms with van der Waals surface area (Å²) in [4.78, 5) is 72.8. The van der Waals surface area contributed by atoms with Crippen LogP contribution in [0.4, 0.5) is 32.9 Å². The fourth-order valence-corrected chi connectivity index (χ4v) is 15.4. The number of anilines is 4. The quantitative estimate of drug-likeness (QED) is 0.0153. The Kier molecular flexibility index (Phi) is 37.6. The number of carboxylic acids is 1. The normalized spacial score (nSPS) is 11.9. The van der Waals surface area contributed by atoms with Crippen LogP contribution in [-0.4, -0.2) is 130 Å². The first kappa shape index (κ1) is 95.3. The highest BCUT2D eigenvalue weighted by atomic mass is 35.7. The van der Waals surface area contributed by atoms with Gasteiger partial charge in [0.05, 0.1) is 23.7 Å². The number of amides is 5. The lowest BCUT2D eigenvalue weighted by Crippen LogP contribution is -2.43. The summed E-state index contributed by atoms with van der Waals surface area (Å²) < 4.78 is 53.7. The minimum absolute atomic E-state index is 0.0398. The predicted molar refractivity (Wildman–Crippen MR) is 501 cm³/mol. The van der Waals surface area contributed by atoms with Gasteiger partial charge in [-0.1, -0.05) is 218 Å². The van der Waals surface area contributed by atoms with Gasteiger partial charge in [-0.25, -0.2) is 22.8 Å².